The highest BCUT2D eigenvalue weighted by molar-refractivity contribution is 6.04. The zero-order valence-corrected chi connectivity index (χ0v) is 22.2. The van der Waals surface area contributed by atoms with E-state index < -0.39 is 0 Å². The van der Waals surface area contributed by atoms with Gasteiger partial charge in [-0.1, -0.05) is 12.8 Å². The molecule has 0 spiro atoms. The van der Waals surface area contributed by atoms with Crippen molar-refractivity contribution in [3.8, 4) is 17.6 Å². The molecule has 2 N–H and O–H groups in total. The topological polar surface area (TPSA) is 103 Å². The van der Waals surface area contributed by atoms with Gasteiger partial charge in [0, 0.05) is 38.3 Å². The quantitative estimate of drug-likeness (QED) is 0.528. The molecule has 196 valence electrons. The van der Waals surface area contributed by atoms with E-state index in [1.165, 1.54) is 0 Å². The smallest absolute Gasteiger partial charge is 0.251 e. The number of benzene rings is 1. The molecule has 2 atom stereocenters. The molecule has 2 aliphatic heterocycles. The number of fused-ring (bicyclic) bond motifs is 1. The van der Waals surface area contributed by atoms with Crippen LogP contribution in [0.5, 0.6) is 5.75 Å². The average Bonchev–Trinajstić information content (AvgIpc) is 3.38. The van der Waals surface area contributed by atoms with E-state index >= 15 is 0 Å². The summed E-state index contributed by atoms with van der Waals surface area (Å²) >= 11 is 0. The van der Waals surface area contributed by atoms with Crippen LogP contribution in [-0.2, 0) is 4.79 Å². The molecule has 1 aromatic carbocycles. The predicted molar refractivity (Wildman–Crippen MR) is 145 cm³/mol. The third-order valence-corrected chi connectivity index (χ3v) is 6.86. The van der Waals surface area contributed by atoms with E-state index in [-0.39, 0.29) is 23.9 Å². The van der Waals surface area contributed by atoms with Crippen molar-refractivity contribution in [1.29, 1.82) is 0 Å². The molecule has 0 bridgehead atoms. The molecular weight excluding hydrogens is 470 g/mol. The maximum absolute atomic E-state index is 13.3. The summed E-state index contributed by atoms with van der Waals surface area (Å²) in [5.74, 6) is 7.62. The summed E-state index contributed by atoms with van der Waals surface area (Å²) in [6, 6.07) is 5.04. The third-order valence-electron chi connectivity index (χ3n) is 6.86. The Labute approximate surface area is 218 Å². The molecule has 1 aromatic heterocycles. The van der Waals surface area contributed by atoms with Gasteiger partial charge in [0.2, 0.25) is 11.9 Å². The number of aromatic nitrogens is 2. The molecule has 37 heavy (non-hydrogen) atoms. The molecule has 0 saturated carbocycles. The minimum Gasteiger partial charge on any atom is -0.495 e. The lowest BCUT2D eigenvalue weighted by atomic mass is 10.0. The lowest BCUT2D eigenvalue weighted by Gasteiger charge is -2.43. The summed E-state index contributed by atoms with van der Waals surface area (Å²) in [6.45, 7) is 8.77. The molecule has 2 aliphatic rings. The van der Waals surface area contributed by atoms with E-state index in [1.807, 2.05) is 20.8 Å². The summed E-state index contributed by atoms with van der Waals surface area (Å²) in [5.41, 5.74) is 1.83. The first-order valence-corrected chi connectivity index (χ1v) is 12.7. The number of ether oxygens (including phenoxy) is 1. The van der Waals surface area contributed by atoms with Gasteiger partial charge in [0.1, 0.15) is 17.5 Å². The molecule has 10 nitrogen and oxygen atoms in total. The molecule has 10 heteroatoms. The normalized spacial score (nSPS) is 19.2. The van der Waals surface area contributed by atoms with Gasteiger partial charge < -0.3 is 25.2 Å². The summed E-state index contributed by atoms with van der Waals surface area (Å²) < 4.78 is 5.53. The van der Waals surface area contributed by atoms with E-state index in [0.29, 0.717) is 41.6 Å². The number of hydrogen-bond acceptors (Lipinski definition) is 8. The number of nitrogens with one attached hydrogen (secondary N) is 2. The number of carbonyl (C=O) groups excluding carboxylic acids is 2. The molecule has 2 amide bonds. The van der Waals surface area contributed by atoms with Crippen molar-refractivity contribution in [3.63, 3.8) is 0 Å². The Bertz CT molecular complexity index is 1220. The molecule has 4 rings (SSSR count). The number of amides is 2. The number of likely N-dealkylation sites (N-methyl/N-ethyl adjacent to an activating group) is 1. The Balaban J connectivity index is 1.66. The Kier molecular flexibility index (Phi) is 8.14. The molecule has 3 heterocycles. The number of hydrogen-bond donors (Lipinski definition) is 2. The van der Waals surface area contributed by atoms with Crippen molar-refractivity contribution in [1.82, 2.24) is 20.2 Å². The van der Waals surface area contributed by atoms with Crippen LogP contribution in [-0.4, -0.2) is 79.1 Å². The van der Waals surface area contributed by atoms with Gasteiger partial charge in [0.15, 0.2) is 5.82 Å². The first-order chi connectivity index (χ1) is 17.9. The Morgan fingerprint density at radius 2 is 2.11 bits per heavy atom. The van der Waals surface area contributed by atoms with Crippen LogP contribution in [0.2, 0.25) is 0 Å². The summed E-state index contributed by atoms with van der Waals surface area (Å²) in [5, 5.41) is 6.03. The number of rotatable bonds is 8. The van der Waals surface area contributed by atoms with Crippen LogP contribution >= 0.6 is 0 Å². The summed E-state index contributed by atoms with van der Waals surface area (Å²) in [7, 11) is 3.33. The largest absolute Gasteiger partial charge is 0.495 e. The second-order valence-electron chi connectivity index (χ2n) is 9.13. The first kappa shape index (κ1) is 26.2. The fourth-order valence-electron chi connectivity index (χ4n) is 4.95. The zero-order chi connectivity index (χ0) is 26.5. The molecule has 2 aromatic rings. The van der Waals surface area contributed by atoms with Gasteiger partial charge in [-0.3, -0.25) is 14.5 Å². The molecule has 1 unspecified atom stereocenters. The van der Waals surface area contributed by atoms with E-state index in [4.69, 9.17) is 9.72 Å². The zero-order valence-electron chi connectivity index (χ0n) is 22.2. The van der Waals surface area contributed by atoms with Gasteiger partial charge in [-0.15, -0.1) is 5.92 Å². The highest BCUT2D eigenvalue weighted by Gasteiger charge is 2.42. The van der Waals surface area contributed by atoms with Gasteiger partial charge in [-0.05, 0) is 44.9 Å². The number of carbonyl (C=O) groups is 2. The minimum absolute atomic E-state index is 0.0497. The van der Waals surface area contributed by atoms with Crippen LogP contribution in [0.15, 0.2) is 24.4 Å². The number of anilines is 4. The maximum Gasteiger partial charge on any atom is 0.251 e. The van der Waals surface area contributed by atoms with Crippen LogP contribution in [0.25, 0.3) is 0 Å². The van der Waals surface area contributed by atoms with Crippen LogP contribution in [0.1, 0.15) is 44.0 Å². The maximum atomic E-state index is 13.3. The highest BCUT2D eigenvalue weighted by atomic mass is 16.5. The van der Waals surface area contributed by atoms with Gasteiger partial charge in [-0.25, -0.2) is 4.98 Å². The van der Waals surface area contributed by atoms with Crippen molar-refractivity contribution in [2.75, 3.05) is 55.5 Å². The van der Waals surface area contributed by atoms with Gasteiger partial charge in [-0.2, -0.15) is 4.98 Å². The van der Waals surface area contributed by atoms with Crippen molar-refractivity contribution in [2.45, 2.75) is 45.7 Å². The molecule has 0 aliphatic carbocycles. The monoisotopic (exact) mass is 505 g/mol. The molecular formula is C27H35N7O3. The van der Waals surface area contributed by atoms with E-state index in [2.05, 4.69) is 37.3 Å². The SMILES string of the molecule is CC#CCN1CCC(N2c3nc(Nc4ccc(C(=O)NCC)cc4OC)ncc3N(C)C(=O)[C@H]2CC)C1. The van der Waals surface area contributed by atoms with E-state index in [1.54, 1.807) is 43.5 Å². The number of nitrogens with zero attached hydrogens (tertiary/aromatic N) is 5. The van der Waals surface area contributed by atoms with Crippen LogP contribution in [0, 0.1) is 11.8 Å². The Morgan fingerprint density at radius 3 is 2.81 bits per heavy atom. The van der Waals surface area contributed by atoms with Gasteiger partial charge >= 0.3 is 0 Å². The predicted octanol–water partition coefficient (Wildman–Crippen LogP) is 2.64. The van der Waals surface area contributed by atoms with Crippen molar-refractivity contribution in [3.05, 3.63) is 30.0 Å². The average molecular weight is 506 g/mol. The first-order valence-electron chi connectivity index (χ1n) is 12.7. The second kappa shape index (κ2) is 11.5. The third kappa shape index (κ3) is 5.32. The van der Waals surface area contributed by atoms with E-state index in [0.717, 1.165) is 31.9 Å². The van der Waals surface area contributed by atoms with Crippen LogP contribution < -0.4 is 25.2 Å². The lowest BCUT2D eigenvalue weighted by molar-refractivity contribution is -0.120. The second-order valence-corrected chi connectivity index (χ2v) is 9.13. The fraction of sp³-hybridized carbons (Fsp3) is 0.481. The number of likely N-dealkylation sites (tertiary alicyclic amines) is 1. The molecule has 1 fully saturated rings. The lowest BCUT2D eigenvalue weighted by Crippen LogP contribution is -2.56. The summed E-state index contributed by atoms with van der Waals surface area (Å²) in [6.07, 6.45) is 3.29. The molecule has 1 saturated heterocycles. The van der Waals surface area contributed by atoms with Gasteiger partial charge in [0.05, 0.1) is 25.5 Å². The van der Waals surface area contributed by atoms with E-state index in [9.17, 15) is 9.59 Å². The van der Waals surface area contributed by atoms with Crippen molar-refractivity contribution in [2.24, 2.45) is 0 Å². The summed E-state index contributed by atoms with van der Waals surface area (Å²) in [4.78, 5) is 41.0. The Morgan fingerprint density at radius 1 is 1.30 bits per heavy atom. The van der Waals surface area contributed by atoms with Crippen molar-refractivity contribution >= 4 is 35.0 Å². The van der Waals surface area contributed by atoms with Crippen LogP contribution in [0.4, 0.5) is 23.1 Å². The van der Waals surface area contributed by atoms with Crippen molar-refractivity contribution < 1.29 is 14.3 Å². The van der Waals surface area contributed by atoms with Gasteiger partial charge in [0.25, 0.3) is 5.91 Å². The molecule has 0 radical (unpaired) electrons. The van der Waals surface area contributed by atoms with Crippen LogP contribution in [0.3, 0.4) is 0 Å². The highest BCUT2D eigenvalue weighted by Crippen LogP contribution is 2.38. The Hall–Kier alpha value is -3.84. The minimum atomic E-state index is -0.298. The number of methoxy groups -OCH3 is 1. The fourth-order valence-corrected chi connectivity index (χ4v) is 4.95. The standard InChI is InChI=1S/C27H35N7O3/c1-6-9-13-33-14-12-19(17-33)34-21(7-2)26(36)32(4)22-16-29-27(31-24(22)34)30-20-11-10-18(15-23(20)37-5)25(35)28-8-3/h10-11,15-16,19,21H,7-8,12-14,17H2,1-5H3,(H,28,35)(H,29,30,31)/t19?,21-/m1/s1.